The van der Waals surface area contributed by atoms with Gasteiger partial charge in [-0.1, -0.05) is 6.07 Å². The number of carbonyl (C=O) groups excluding carboxylic acids is 1. The van der Waals surface area contributed by atoms with Crippen LogP contribution < -0.4 is 10.6 Å². The lowest BCUT2D eigenvalue weighted by Crippen LogP contribution is -2.41. The van der Waals surface area contributed by atoms with Gasteiger partial charge in [0.1, 0.15) is 12.1 Å². The molecule has 8 nitrogen and oxygen atoms in total. The van der Waals surface area contributed by atoms with Gasteiger partial charge in [-0.3, -0.25) is 9.59 Å². The number of nitrogens with zero attached hydrogens (tertiary/aromatic N) is 3. The summed E-state index contributed by atoms with van der Waals surface area (Å²) in [5.74, 6) is 0.415. The van der Waals surface area contributed by atoms with Crippen LogP contribution in [0.5, 0.6) is 0 Å². The average molecular weight is 409 g/mol. The zero-order valence-corrected chi connectivity index (χ0v) is 16.9. The minimum atomic E-state index is -0.970. The highest BCUT2D eigenvalue weighted by Crippen LogP contribution is 2.37. The molecule has 2 aromatic heterocycles. The van der Waals surface area contributed by atoms with Crippen LogP contribution in [-0.2, 0) is 22.4 Å². The molecule has 3 heterocycles. The van der Waals surface area contributed by atoms with Gasteiger partial charge in [0, 0.05) is 36.1 Å². The predicted molar refractivity (Wildman–Crippen MR) is 111 cm³/mol. The maximum absolute atomic E-state index is 12.6. The molecule has 0 spiro atoms. The number of carbonyl (C=O) groups is 2. The minimum Gasteiger partial charge on any atom is -0.481 e. The van der Waals surface area contributed by atoms with Crippen molar-refractivity contribution in [2.75, 3.05) is 11.9 Å². The molecule has 2 aromatic rings. The van der Waals surface area contributed by atoms with Crippen molar-refractivity contribution in [1.82, 2.24) is 20.3 Å². The fraction of sp³-hybridized carbons (Fsp3) is 0.500. The van der Waals surface area contributed by atoms with Crippen LogP contribution in [0.4, 0.5) is 5.82 Å². The predicted octanol–water partition coefficient (Wildman–Crippen LogP) is 2.52. The van der Waals surface area contributed by atoms with Gasteiger partial charge in [0.05, 0.1) is 12.5 Å². The van der Waals surface area contributed by atoms with Crippen LogP contribution in [0.25, 0.3) is 0 Å². The third-order valence-corrected chi connectivity index (χ3v) is 6.05. The van der Waals surface area contributed by atoms with Gasteiger partial charge in [-0.15, -0.1) is 0 Å². The lowest BCUT2D eigenvalue weighted by Gasteiger charge is -2.35. The molecule has 1 aliphatic carbocycles. The Morgan fingerprint density at radius 1 is 1.23 bits per heavy atom. The number of rotatable bonds is 8. The highest BCUT2D eigenvalue weighted by Gasteiger charge is 2.35. The van der Waals surface area contributed by atoms with Gasteiger partial charge < -0.3 is 15.7 Å². The molecular formula is C22H27N5O3. The zero-order chi connectivity index (χ0) is 20.9. The van der Waals surface area contributed by atoms with Gasteiger partial charge in [0.15, 0.2) is 0 Å². The summed E-state index contributed by atoms with van der Waals surface area (Å²) in [6.45, 7) is 0.987. The van der Waals surface area contributed by atoms with Crippen LogP contribution in [0, 0.1) is 11.8 Å². The molecule has 1 atom stereocenters. The fourth-order valence-electron chi connectivity index (χ4n) is 4.25. The van der Waals surface area contributed by atoms with Crippen LogP contribution in [0.2, 0.25) is 0 Å². The highest BCUT2D eigenvalue weighted by atomic mass is 16.4. The molecule has 8 heteroatoms. The highest BCUT2D eigenvalue weighted by molar-refractivity contribution is 5.80. The Kier molecular flexibility index (Phi) is 6.21. The van der Waals surface area contributed by atoms with E-state index >= 15 is 0 Å². The Labute approximate surface area is 175 Å². The number of anilines is 1. The standard InChI is InChI=1S/C22H27N5O3/c28-20(29)10-19(17-11-23-13-24-12-17)27-22(30)16-8-14(9-16)3-5-18-6-4-15-2-1-7-25-21(15)26-18/h4,6,11-14,16,19H,1-3,5,7-10H2,(H,25,26)(H,27,30)(H,28,29). The number of aliphatic carboxylic acids is 1. The summed E-state index contributed by atoms with van der Waals surface area (Å²) in [4.78, 5) is 36.4. The topological polar surface area (TPSA) is 117 Å². The Bertz CT molecular complexity index is 899. The number of aryl methyl sites for hydroxylation is 2. The summed E-state index contributed by atoms with van der Waals surface area (Å²) in [5.41, 5.74) is 3.00. The zero-order valence-electron chi connectivity index (χ0n) is 16.9. The van der Waals surface area contributed by atoms with Crippen LogP contribution >= 0.6 is 0 Å². The number of amides is 1. The monoisotopic (exact) mass is 409 g/mol. The number of nitrogens with one attached hydrogen (secondary N) is 2. The molecule has 1 unspecified atom stereocenters. The number of carboxylic acid groups (broad SMARTS) is 1. The smallest absolute Gasteiger partial charge is 0.305 e. The molecule has 158 valence electrons. The Morgan fingerprint density at radius 3 is 2.80 bits per heavy atom. The van der Waals surface area contributed by atoms with E-state index < -0.39 is 12.0 Å². The normalized spacial score (nSPS) is 20.9. The maximum atomic E-state index is 12.6. The van der Waals surface area contributed by atoms with Gasteiger partial charge in [0.2, 0.25) is 5.91 Å². The van der Waals surface area contributed by atoms with Crippen LogP contribution in [0.3, 0.4) is 0 Å². The van der Waals surface area contributed by atoms with Crippen molar-refractivity contribution in [2.45, 2.75) is 51.0 Å². The quantitative estimate of drug-likeness (QED) is 0.613. The van der Waals surface area contributed by atoms with Crippen molar-refractivity contribution in [1.29, 1.82) is 0 Å². The minimum absolute atomic E-state index is 0.0610. The summed E-state index contributed by atoms with van der Waals surface area (Å²) in [6, 6.07) is 3.69. The first-order valence-electron chi connectivity index (χ1n) is 10.6. The lowest BCUT2D eigenvalue weighted by molar-refractivity contribution is -0.138. The second-order valence-electron chi connectivity index (χ2n) is 8.24. The van der Waals surface area contributed by atoms with E-state index in [1.165, 1.54) is 11.9 Å². The summed E-state index contributed by atoms with van der Waals surface area (Å²) in [5, 5.41) is 15.4. The second kappa shape index (κ2) is 9.19. The molecule has 1 aliphatic heterocycles. The van der Waals surface area contributed by atoms with Crippen molar-refractivity contribution in [3.63, 3.8) is 0 Å². The summed E-state index contributed by atoms with van der Waals surface area (Å²) < 4.78 is 0. The van der Waals surface area contributed by atoms with Gasteiger partial charge in [-0.25, -0.2) is 15.0 Å². The molecule has 0 saturated heterocycles. The van der Waals surface area contributed by atoms with Crippen LogP contribution in [-0.4, -0.2) is 38.5 Å². The van der Waals surface area contributed by atoms with Gasteiger partial charge >= 0.3 is 5.97 Å². The molecule has 3 N–H and O–H groups in total. The molecular weight excluding hydrogens is 382 g/mol. The Balaban J connectivity index is 1.25. The second-order valence-corrected chi connectivity index (χ2v) is 8.24. The van der Waals surface area contributed by atoms with Crippen molar-refractivity contribution in [3.8, 4) is 0 Å². The van der Waals surface area contributed by atoms with E-state index in [1.807, 2.05) is 0 Å². The van der Waals surface area contributed by atoms with E-state index in [-0.39, 0.29) is 18.2 Å². The Hall–Kier alpha value is -3.03. The molecule has 1 saturated carbocycles. The number of hydrogen-bond donors (Lipinski definition) is 3. The number of fused-ring (bicyclic) bond motifs is 1. The first kappa shape index (κ1) is 20.3. The first-order valence-corrected chi connectivity index (χ1v) is 10.6. The lowest BCUT2D eigenvalue weighted by atomic mass is 9.72. The molecule has 2 aliphatic rings. The number of carboxylic acids is 1. The summed E-state index contributed by atoms with van der Waals surface area (Å²) in [6.07, 6.45) is 10.1. The average Bonchev–Trinajstić information content (AvgIpc) is 2.72. The summed E-state index contributed by atoms with van der Waals surface area (Å²) in [7, 11) is 0. The largest absolute Gasteiger partial charge is 0.481 e. The van der Waals surface area contributed by atoms with Gasteiger partial charge in [-0.05, 0) is 56.1 Å². The van der Waals surface area contributed by atoms with E-state index in [0.29, 0.717) is 11.5 Å². The number of hydrogen-bond acceptors (Lipinski definition) is 6. The van der Waals surface area contributed by atoms with E-state index in [2.05, 4.69) is 32.7 Å². The molecule has 1 amide bonds. The van der Waals surface area contributed by atoms with Gasteiger partial charge in [-0.2, -0.15) is 0 Å². The molecule has 4 rings (SSSR count). The third-order valence-electron chi connectivity index (χ3n) is 6.05. The molecule has 1 fully saturated rings. The Morgan fingerprint density at radius 2 is 2.03 bits per heavy atom. The summed E-state index contributed by atoms with van der Waals surface area (Å²) >= 11 is 0. The molecule has 0 aromatic carbocycles. The van der Waals surface area contributed by atoms with E-state index in [0.717, 1.165) is 56.6 Å². The van der Waals surface area contributed by atoms with Crippen LogP contribution in [0.15, 0.2) is 30.9 Å². The van der Waals surface area contributed by atoms with Crippen molar-refractivity contribution in [3.05, 3.63) is 47.7 Å². The van der Waals surface area contributed by atoms with E-state index in [1.54, 1.807) is 12.4 Å². The van der Waals surface area contributed by atoms with Gasteiger partial charge in [0.25, 0.3) is 0 Å². The van der Waals surface area contributed by atoms with Crippen molar-refractivity contribution in [2.24, 2.45) is 11.8 Å². The van der Waals surface area contributed by atoms with E-state index in [9.17, 15) is 9.59 Å². The molecule has 0 radical (unpaired) electrons. The maximum Gasteiger partial charge on any atom is 0.305 e. The third kappa shape index (κ3) is 4.93. The number of aromatic nitrogens is 3. The number of pyridine rings is 1. The van der Waals surface area contributed by atoms with Crippen molar-refractivity contribution >= 4 is 17.7 Å². The molecule has 0 bridgehead atoms. The van der Waals surface area contributed by atoms with Crippen LogP contribution in [0.1, 0.15) is 55.0 Å². The SMILES string of the molecule is O=C(O)CC(NC(=O)C1CC(CCc2ccc3c(n2)NCCC3)C1)c1cncnc1. The van der Waals surface area contributed by atoms with Crippen molar-refractivity contribution < 1.29 is 14.7 Å². The molecule has 30 heavy (non-hydrogen) atoms. The van der Waals surface area contributed by atoms with E-state index in [4.69, 9.17) is 10.1 Å². The first-order chi connectivity index (χ1) is 14.6. The fourth-order valence-corrected chi connectivity index (χ4v) is 4.25.